The molecule has 10 heteroatoms. The van der Waals surface area contributed by atoms with Gasteiger partial charge >= 0.3 is 6.09 Å². The van der Waals surface area contributed by atoms with Crippen LogP contribution in [-0.4, -0.2) is 32.1 Å². The second-order valence-corrected chi connectivity index (χ2v) is 9.31. The Morgan fingerprint density at radius 3 is 2.46 bits per heavy atom. The Kier molecular flexibility index (Phi) is 5.79. The standard InChI is InChI=1S/C16H18Cl2N4O3S/c1-16(2,3)25-15(23)22(13-10(17)9-20-14(18)21-13)11-7-5-6-8-12(11)26(4,19)24/h5-9,19H,1-4H3. The summed E-state index contributed by atoms with van der Waals surface area (Å²) in [5.74, 6) is -0.0305. The smallest absolute Gasteiger partial charge is 0.420 e. The van der Waals surface area contributed by atoms with Crippen LogP contribution in [0.25, 0.3) is 0 Å². The minimum Gasteiger partial charge on any atom is -0.443 e. The van der Waals surface area contributed by atoms with Crippen molar-refractivity contribution in [3.8, 4) is 0 Å². The Morgan fingerprint density at radius 2 is 1.88 bits per heavy atom. The molecule has 1 unspecified atom stereocenters. The minimum atomic E-state index is -3.16. The lowest BCUT2D eigenvalue weighted by Gasteiger charge is -2.28. The van der Waals surface area contributed by atoms with Gasteiger partial charge in [-0.3, -0.25) is 0 Å². The molecule has 0 saturated carbocycles. The summed E-state index contributed by atoms with van der Waals surface area (Å²) in [6.45, 7) is 5.12. The van der Waals surface area contributed by atoms with Crippen LogP contribution in [-0.2, 0) is 14.5 Å². The number of anilines is 2. The van der Waals surface area contributed by atoms with Gasteiger partial charge in [-0.2, -0.15) is 4.98 Å². The monoisotopic (exact) mass is 416 g/mol. The van der Waals surface area contributed by atoms with E-state index in [2.05, 4.69) is 9.97 Å². The highest BCUT2D eigenvalue weighted by Gasteiger charge is 2.30. The number of amides is 1. The maximum Gasteiger partial charge on any atom is 0.420 e. The number of nitrogens with one attached hydrogen (secondary N) is 1. The second kappa shape index (κ2) is 7.38. The molecule has 1 N–H and O–H groups in total. The molecule has 0 aliphatic heterocycles. The first-order valence-electron chi connectivity index (χ1n) is 7.44. The Labute approximate surface area is 162 Å². The first-order valence-corrected chi connectivity index (χ1v) is 10.2. The van der Waals surface area contributed by atoms with Crippen LogP contribution < -0.4 is 4.90 Å². The quantitative estimate of drug-likeness (QED) is 0.717. The number of ether oxygens (including phenoxy) is 1. The fraction of sp³-hybridized carbons (Fsp3) is 0.312. The zero-order valence-corrected chi connectivity index (χ0v) is 16.9. The van der Waals surface area contributed by atoms with Gasteiger partial charge in [-0.1, -0.05) is 23.7 Å². The van der Waals surface area contributed by atoms with Crippen LogP contribution in [0.3, 0.4) is 0 Å². The molecule has 2 rings (SSSR count). The summed E-state index contributed by atoms with van der Waals surface area (Å²) in [5.41, 5.74) is -0.636. The highest BCUT2D eigenvalue weighted by molar-refractivity contribution is 7.91. The predicted molar refractivity (Wildman–Crippen MR) is 102 cm³/mol. The average molecular weight is 417 g/mol. The summed E-state index contributed by atoms with van der Waals surface area (Å²) >= 11 is 12.0. The number of carbonyl (C=O) groups excluding carboxylic acids is 1. The third kappa shape index (κ3) is 4.84. The molecule has 0 aliphatic rings. The van der Waals surface area contributed by atoms with Crippen molar-refractivity contribution >= 4 is 50.5 Å². The molecule has 2 aromatic rings. The topological polar surface area (TPSA) is 96.2 Å². The molecule has 1 heterocycles. The molecule has 0 bridgehead atoms. The molecular weight excluding hydrogens is 399 g/mol. The van der Waals surface area contributed by atoms with Crippen LogP contribution in [0.4, 0.5) is 16.3 Å². The highest BCUT2D eigenvalue weighted by Crippen LogP contribution is 2.36. The van der Waals surface area contributed by atoms with E-state index in [1.54, 1.807) is 32.9 Å². The first-order chi connectivity index (χ1) is 11.9. The minimum absolute atomic E-state index is 0.0305. The summed E-state index contributed by atoms with van der Waals surface area (Å²) in [6, 6.07) is 6.29. The third-order valence-electron chi connectivity index (χ3n) is 3.01. The Balaban J connectivity index is 2.74. The van der Waals surface area contributed by atoms with Crippen LogP contribution >= 0.6 is 23.2 Å². The van der Waals surface area contributed by atoms with Crippen molar-refractivity contribution in [3.63, 3.8) is 0 Å². The van der Waals surface area contributed by atoms with E-state index in [9.17, 15) is 9.00 Å². The number of carbonyl (C=O) groups is 1. The Hall–Kier alpha value is -1.90. The fourth-order valence-electron chi connectivity index (χ4n) is 2.07. The maximum absolute atomic E-state index is 12.9. The van der Waals surface area contributed by atoms with Crippen LogP contribution in [0, 0.1) is 4.78 Å². The van der Waals surface area contributed by atoms with Crippen LogP contribution in [0.1, 0.15) is 20.8 Å². The van der Waals surface area contributed by atoms with Crippen molar-refractivity contribution in [1.29, 1.82) is 4.78 Å². The number of hydrogen-bond donors (Lipinski definition) is 1. The van der Waals surface area contributed by atoms with Crippen molar-refractivity contribution in [3.05, 3.63) is 40.8 Å². The lowest BCUT2D eigenvalue weighted by Crippen LogP contribution is -2.35. The normalized spacial score (nSPS) is 13.8. The van der Waals surface area contributed by atoms with Crippen LogP contribution in [0.2, 0.25) is 10.3 Å². The second-order valence-electron chi connectivity index (χ2n) is 6.44. The first kappa shape index (κ1) is 20.4. The summed E-state index contributed by atoms with van der Waals surface area (Å²) in [6.07, 6.45) is 1.70. The number of para-hydroxylation sites is 1. The van der Waals surface area contributed by atoms with Crippen LogP contribution in [0.15, 0.2) is 35.4 Å². The van der Waals surface area contributed by atoms with Gasteiger partial charge in [-0.05, 0) is 44.5 Å². The number of benzene rings is 1. The molecule has 0 aliphatic carbocycles. The molecule has 7 nitrogen and oxygen atoms in total. The molecule has 140 valence electrons. The Bertz CT molecular complexity index is 943. The lowest BCUT2D eigenvalue weighted by molar-refractivity contribution is 0.0597. The van der Waals surface area contributed by atoms with Gasteiger partial charge in [0, 0.05) is 6.26 Å². The van der Waals surface area contributed by atoms with E-state index in [0.29, 0.717) is 0 Å². The fourth-order valence-corrected chi connectivity index (χ4v) is 3.27. The maximum atomic E-state index is 12.9. The number of nitrogens with zero attached hydrogens (tertiary/aromatic N) is 3. The van der Waals surface area contributed by atoms with Gasteiger partial charge < -0.3 is 4.74 Å². The van der Waals surface area contributed by atoms with Crippen molar-refractivity contribution < 1.29 is 13.7 Å². The van der Waals surface area contributed by atoms with E-state index >= 15 is 0 Å². The van der Waals surface area contributed by atoms with Gasteiger partial charge in [0.05, 0.1) is 26.5 Å². The van der Waals surface area contributed by atoms with E-state index < -0.39 is 21.4 Å². The zero-order chi connectivity index (χ0) is 19.7. The largest absolute Gasteiger partial charge is 0.443 e. The third-order valence-corrected chi connectivity index (χ3v) is 4.64. The Morgan fingerprint density at radius 1 is 1.27 bits per heavy atom. The molecule has 0 spiro atoms. The van der Waals surface area contributed by atoms with E-state index in [1.807, 2.05) is 0 Å². The van der Waals surface area contributed by atoms with Gasteiger partial charge in [0.25, 0.3) is 0 Å². The van der Waals surface area contributed by atoms with E-state index in [4.69, 9.17) is 32.7 Å². The van der Waals surface area contributed by atoms with E-state index in [1.165, 1.54) is 24.6 Å². The number of rotatable bonds is 3. The van der Waals surface area contributed by atoms with Crippen molar-refractivity contribution in [2.45, 2.75) is 31.3 Å². The van der Waals surface area contributed by atoms with Gasteiger partial charge in [0.15, 0.2) is 5.82 Å². The van der Waals surface area contributed by atoms with Crippen molar-refractivity contribution in [2.24, 2.45) is 0 Å². The molecular formula is C16H18Cl2N4O3S. The van der Waals surface area contributed by atoms with Crippen molar-refractivity contribution in [1.82, 2.24) is 9.97 Å². The number of aromatic nitrogens is 2. The molecule has 1 atom stereocenters. The SMILES string of the molecule is CC(C)(C)OC(=O)N(c1ccccc1S(C)(=N)=O)c1nc(Cl)ncc1Cl. The summed E-state index contributed by atoms with van der Waals surface area (Å²) in [4.78, 5) is 21.9. The molecule has 1 amide bonds. The van der Waals surface area contributed by atoms with Gasteiger partial charge in [-0.25, -0.2) is 23.7 Å². The molecule has 0 radical (unpaired) electrons. The molecule has 0 fully saturated rings. The summed E-state index contributed by atoms with van der Waals surface area (Å²) in [7, 11) is -3.16. The van der Waals surface area contributed by atoms with Gasteiger partial charge in [0.2, 0.25) is 5.28 Å². The average Bonchev–Trinajstić information content (AvgIpc) is 2.49. The summed E-state index contributed by atoms with van der Waals surface area (Å²) < 4.78 is 25.8. The van der Waals surface area contributed by atoms with E-state index in [-0.39, 0.29) is 26.7 Å². The number of hydrogen-bond acceptors (Lipinski definition) is 6. The van der Waals surface area contributed by atoms with Crippen molar-refractivity contribution in [2.75, 3.05) is 11.2 Å². The molecule has 0 saturated heterocycles. The van der Waals surface area contributed by atoms with E-state index in [0.717, 1.165) is 4.90 Å². The number of halogens is 2. The van der Waals surface area contributed by atoms with Crippen LogP contribution in [0.5, 0.6) is 0 Å². The molecule has 26 heavy (non-hydrogen) atoms. The summed E-state index contributed by atoms with van der Waals surface area (Å²) in [5, 5.41) is -0.0822. The van der Waals surface area contributed by atoms with Gasteiger partial charge in [0.1, 0.15) is 10.6 Å². The van der Waals surface area contributed by atoms with Gasteiger partial charge in [-0.15, -0.1) is 0 Å². The molecule has 1 aromatic heterocycles. The zero-order valence-electron chi connectivity index (χ0n) is 14.6. The predicted octanol–water partition coefficient (Wildman–Crippen LogP) is 4.89. The molecule has 1 aromatic carbocycles. The lowest BCUT2D eigenvalue weighted by atomic mass is 10.2. The highest BCUT2D eigenvalue weighted by atomic mass is 35.5.